The van der Waals surface area contributed by atoms with Crippen molar-refractivity contribution in [3.63, 3.8) is 0 Å². The highest BCUT2D eigenvalue weighted by atomic mass is 35.5. The lowest BCUT2D eigenvalue weighted by molar-refractivity contribution is -0.420. The number of rotatable bonds is 3. The molecule has 0 spiro atoms. The van der Waals surface area contributed by atoms with Crippen LogP contribution in [0.25, 0.3) is 0 Å². The van der Waals surface area contributed by atoms with Crippen LogP contribution in [0.15, 0.2) is 54.6 Å². The number of carboxylic acid groups (broad SMARTS) is 1. The van der Waals surface area contributed by atoms with Gasteiger partial charge >= 0.3 is 0 Å². The maximum absolute atomic E-state index is 10.2. The van der Waals surface area contributed by atoms with Gasteiger partial charge in [-0.15, -0.1) is 0 Å². The molecule has 4 N–H and O–H groups in total. The molecule has 2 atom stereocenters. The molecule has 0 aliphatic carbocycles. The Bertz CT molecular complexity index is 555. The molecular formula is C16H18ClNO3. The van der Waals surface area contributed by atoms with Gasteiger partial charge in [-0.25, -0.2) is 0 Å². The zero-order valence-corrected chi connectivity index (χ0v) is 12.5. The second-order valence-electron chi connectivity index (χ2n) is 4.58. The molecular weight excluding hydrogens is 290 g/mol. The minimum atomic E-state index is -1.58. The van der Waals surface area contributed by atoms with Gasteiger partial charge in [-0.2, -0.15) is 0 Å². The van der Waals surface area contributed by atoms with E-state index in [1.54, 1.807) is 0 Å². The van der Waals surface area contributed by atoms with Crippen molar-refractivity contribution in [1.29, 1.82) is 0 Å². The summed E-state index contributed by atoms with van der Waals surface area (Å²) in [6, 6.07) is 16.6. The molecule has 0 heterocycles. The van der Waals surface area contributed by atoms with Gasteiger partial charge < -0.3 is 20.7 Å². The van der Waals surface area contributed by atoms with Crippen LogP contribution in [-0.4, -0.2) is 11.1 Å². The molecule has 4 nitrogen and oxygen atoms in total. The normalized spacial score (nSPS) is 12.8. The Labute approximate surface area is 128 Å². The molecule has 0 aliphatic heterocycles. The van der Waals surface area contributed by atoms with Crippen molar-refractivity contribution >= 4 is 17.6 Å². The van der Waals surface area contributed by atoms with Crippen molar-refractivity contribution in [3.8, 4) is 0 Å². The maximum atomic E-state index is 10.2. The summed E-state index contributed by atoms with van der Waals surface area (Å²) in [6.45, 7) is 2.09. The van der Waals surface area contributed by atoms with E-state index in [2.05, 4.69) is 24.8 Å². The highest BCUT2D eigenvalue weighted by Gasteiger charge is 2.06. The first-order valence-electron chi connectivity index (χ1n) is 6.44. The molecule has 0 fully saturated rings. The van der Waals surface area contributed by atoms with Crippen LogP contribution in [0.5, 0.6) is 0 Å². The quantitative estimate of drug-likeness (QED) is 0.890. The van der Waals surface area contributed by atoms with Crippen LogP contribution in [0.1, 0.15) is 30.2 Å². The van der Waals surface area contributed by atoms with Crippen molar-refractivity contribution in [2.24, 2.45) is 0 Å². The molecule has 0 bridgehead atoms. The summed E-state index contributed by atoms with van der Waals surface area (Å²) in [5.41, 5.74) is 5.48. The molecule has 5 heteroatoms. The van der Waals surface area contributed by atoms with Gasteiger partial charge in [0.15, 0.2) is 0 Å². The minimum Gasteiger partial charge on any atom is -0.547 e. The molecule has 0 unspecified atom stereocenters. The first-order chi connectivity index (χ1) is 9.91. The predicted molar refractivity (Wildman–Crippen MR) is 79.2 cm³/mol. The first kappa shape index (κ1) is 17.2. The molecule has 2 aromatic carbocycles. The third-order valence-corrected chi connectivity index (χ3v) is 3.03. The fourth-order valence-corrected chi connectivity index (χ4v) is 1.69. The van der Waals surface area contributed by atoms with E-state index in [9.17, 15) is 9.90 Å². The Morgan fingerprint density at radius 3 is 2.00 bits per heavy atom. The Morgan fingerprint density at radius 1 is 1.10 bits per heavy atom. The lowest BCUT2D eigenvalue weighted by Gasteiger charge is -2.10. The van der Waals surface area contributed by atoms with Crippen LogP contribution in [0.4, 0.5) is 0 Å². The Kier molecular flexibility index (Phi) is 6.88. The van der Waals surface area contributed by atoms with Gasteiger partial charge in [-0.05, 0) is 24.6 Å². The lowest BCUT2D eigenvalue weighted by Crippen LogP contribution is -2.51. The fourth-order valence-electron chi connectivity index (χ4n) is 1.56. The van der Waals surface area contributed by atoms with E-state index in [1.165, 1.54) is 29.8 Å². The number of quaternary nitrogens is 1. The Morgan fingerprint density at radius 2 is 1.62 bits per heavy atom. The number of aliphatic hydroxyl groups excluding tert-OH is 1. The number of carbonyl (C=O) groups is 1. The molecule has 2 aromatic rings. The van der Waals surface area contributed by atoms with E-state index in [1.807, 2.05) is 18.2 Å². The summed E-state index contributed by atoms with van der Waals surface area (Å²) in [4.78, 5) is 10.2. The second kappa shape index (κ2) is 8.42. The maximum Gasteiger partial charge on any atom is 0.118 e. The van der Waals surface area contributed by atoms with Gasteiger partial charge in [0.2, 0.25) is 0 Å². The van der Waals surface area contributed by atoms with Crippen molar-refractivity contribution in [3.05, 3.63) is 70.7 Å². The largest absolute Gasteiger partial charge is 0.547 e. The topological polar surface area (TPSA) is 88.0 Å². The highest BCUT2D eigenvalue weighted by molar-refractivity contribution is 6.30. The number of hydrogen-bond acceptors (Lipinski definition) is 3. The fraction of sp³-hybridized carbons (Fsp3) is 0.188. The van der Waals surface area contributed by atoms with Crippen LogP contribution < -0.4 is 10.8 Å². The molecule has 0 radical (unpaired) electrons. The van der Waals surface area contributed by atoms with E-state index >= 15 is 0 Å². The lowest BCUT2D eigenvalue weighted by atomic mass is 10.1. The van der Waals surface area contributed by atoms with Crippen LogP contribution in [0.2, 0.25) is 5.02 Å². The van der Waals surface area contributed by atoms with E-state index in [-0.39, 0.29) is 5.56 Å². The molecule has 0 aliphatic rings. The van der Waals surface area contributed by atoms with E-state index in [0.29, 0.717) is 11.1 Å². The number of benzene rings is 2. The van der Waals surface area contributed by atoms with Gasteiger partial charge in [-0.3, -0.25) is 0 Å². The third kappa shape index (κ3) is 5.95. The standard InChI is InChI=1S/C8H7ClO3.C8H11N/c9-6-3-1-5(2-4-6)7(10)8(11)12;1-7(9)8-5-3-2-4-6-8/h1-4,7,10H,(H,11,12);2-7H,9H2,1H3/t2*7-/m11/s1. The third-order valence-electron chi connectivity index (χ3n) is 2.78. The summed E-state index contributed by atoms with van der Waals surface area (Å²) in [5.74, 6) is -1.52. The van der Waals surface area contributed by atoms with Gasteiger partial charge in [-0.1, -0.05) is 54.1 Å². The Hall–Kier alpha value is -1.88. The van der Waals surface area contributed by atoms with E-state index in [4.69, 9.17) is 16.7 Å². The van der Waals surface area contributed by atoms with Crippen molar-refractivity contribution in [2.75, 3.05) is 0 Å². The number of hydrogen-bond donors (Lipinski definition) is 2. The van der Waals surface area contributed by atoms with Crippen LogP contribution >= 0.6 is 11.6 Å². The zero-order chi connectivity index (χ0) is 15.8. The monoisotopic (exact) mass is 307 g/mol. The molecule has 0 saturated heterocycles. The molecule has 0 saturated carbocycles. The average Bonchev–Trinajstić information content (AvgIpc) is 2.49. The number of carbonyl (C=O) groups excluding carboxylic acids is 1. The van der Waals surface area contributed by atoms with Gasteiger partial charge in [0.05, 0.1) is 5.97 Å². The van der Waals surface area contributed by atoms with Crippen LogP contribution in [0, 0.1) is 0 Å². The number of aliphatic carboxylic acids is 1. The molecule has 2 rings (SSSR count). The SMILES string of the molecule is C[C@@H]([NH3+])c1ccccc1.O=C([O-])[C@H](O)c1ccc(Cl)cc1. The second-order valence-corrected chi connectivity index (χ2v) is 5.02. The van der Waals surface area contributed by atoms with Crippen LogP contribution in [-0.2, 0) is 4.79 Å². The molecule has 21 heavy (non-hydrogen) atoms. The summed E-state index contributed by atoms with van der Waals surface area (Å²) < 4.78 is 0. The van der Waals surface area contributed by atoms with Gasteiger partial charge in [0.1, 0.15) is 12.1 Å². The van der Waals surface area contributed by atoms with Gasteiger partial charge in [0, 0.05) is 10.6 Å². The summed E-state index contributed by atoms with van der Waals surface area (Å²) in [6.07, 6.45) is -1.58. The van der Waals surface area contributed by atoms with Crippen molar-refractivity contribution in [2.45, 2.75) is 19.1 Å². The number of halogens is 1. The molecule has 112 valence electrons. The number of carboxylic acids is 1. The predicted octanol–water partition coefficient (Wildman–Crippen LogP) is 1.11. The van der Waals surface area contributed by atoms with Crippen molar-refractivity contribution < 1.29 is 20.7 Å². The van der Waals surface area contributed by atoms with Crippen LogP contribution in [0.3, 0.4) is 0 Å². The first-order valence-corrected chi connectivity index (χ1v) is 6.82. The molecule has 0 aromatic heterocycles. The smallest absolute Gasteiger partial charge is 0.118 e. The van der Waals surface area contributed by atoms with Gasteiger partial charge in [0.25, 0.3) is 0 Å². The average molecular weight is 308 g/mol. The number of aliphatic hydroxyl groups is 1. The van der Waals surface area contributed by atoms with E-state index < -0.39 is 12.1 Å². The summed E-state index contributed by atoms with van der Waals surface area (Å²) in [5, 5.41) is 19.7. The summed E-state index contributed by atoms with van der Waals surface area (Å²) in [7, 11) is 0. The zero-order valence-electron chi connectivity index (χ0n) is 11.7. The van der Waals surface area contributed by atoms with E-state index in [0.717, 1.165) is 0 Å². The Balaban J connectivity index is 0.000000219. The summed E-state index contributed by atoms with van der Waals surface area (Å²) >= 11 is 5.55. The minimum absolute atomic E-state index is 0.263. The highest BCUT2D eigenvalue weighted by Crippen LogP contribution is 2.15. The van der Waals surface area contributed by atoms with Crippen molar-refractivity contribution in [1.82, 2.24) is 0 Å². The molecule has 0 amide bonds.